The first kappa shape index (κ1) is 16.7. The van der Waals surface area contributed by atoms with Crippen LogP contribution in [-0.2, 0) is 9.53 Å². The molecule has 3 heterocycles. The molecule has 0 bridgehead atoms. The minimum atomic E-state index is -0.448. The molecule has 1 fully saturated rings. The lowest BCUT2D eigenvalue weighted by Gasteiger charge is -2.13. The molecule has 0 radical (unpaired) electrons. The number of ether oxygens (including phenoxy) is 1. The van der Waals surface area contributed by atoms with E-state index in [4.69, 9.17) is 4.74 Å². The molecule has 0 unspecified atom stereocenters. The minimum Gasteiger partial charge on any atom is -0.448 e. The van der Waals surface area contributed by atoms with Crippen LogP contribution in [0.4, 0.5) is 10.6 Å². The summed E-state index contributed by atoms with van der Waals surface area (Å²) in [6.45, 7) is 3.48. The van der Waals surface area contributed by atoms with Crippen molar-refractivity contribution in [2.24, 2.45) is 0 Å². The van der Waals surface area contributed by atoms with Crippen molar-refractivity contribution in [2.75, 3.05) is 38.1 Å². The van der Waals surface area contributed by atoms with Crippen molar-refractivity contribution in [3.05, 3.63) is 30.4 Å². The molecule has 0 atom stereocenters. The predicted molar refractivity (Wildman–Crippen MR) is 88.3 cm³/mol. The van der Waals surface area contributed by atoms with Gasteiger partial charge in [-0.05, 0) is 13.0 Å². The number of hydrogen-bond acceptors (Lipinski definition) is 7. The molecule has 25 heavy (non-hydrogen) atoms. The summed E-state index contributed by atoms with van der Waals surface area (Å²) in [6.07, 6.45) is 3.03. The maximum atomic E-state index is 11.8. The SMILES string of the molecule is Cc1nc(NCCNC(=O)CN2CCOC2=O)cc(-n2cccn2)n1. The Balaban J connectivity index is 1.46. The van der Waals surface area contributed by atoms with Crippen molar-refractivity contribution < 1.29 is 14.3 Å². The number of hydrogen-bond donors (Lipinski definition) is 2. The molecule has 2 aromatic heterocycles. The lowest BCUT2D eigenvalue weighted by Crippen LogP contribution is -2.39. The first-order chi connectivity index (χ1) is 12.1. The molecule has 3 rings (SSSR count). The second-order valence-electron chi connectivity index (χ2n) is 5.42. The molecule has 2 amide bonds. The van der Waals surface area contributed by atoms with Gasteiger partial charge in [-0.25, -0.2) is 19.4 Å². The first-order valence-electron chi connectivity index (χ1n) is 7.90. The molecule has 0 saturated carbocycles. The second kappa shape index (κ2) is 7.60. The zero-order valence-electron chi connectivity index (χ0n) is 13.8. The fourth-order valence-corrected chi connectivity index (χ4v) is 2.36. The first-order valence-corrected chi connectivity index (χ1v) is 7.90. The third kappa shape index (κ3) is 4.43. The van der Waals surface area contributed by atoms with Crippen molar-refractivity contribution in [1.82, 2.24) is 30.0 Å². The van der Waals surface area contributed by atoms with E-state index in [1.165, 1.54) is 4.90 Å². The molecule has 2 N–H and O–H groups in total. The lowest BCUT2D eigenvalue weighted by atomic mass is 10.4. The Kier molecular flexibility index (Phi) is 5.07. The summed E-state index contributed by atoms with van der Waals surface area (Å²) < 4.78 is 6.43. The maximum Gasteiger partial charge on any atom is 0.410 e. The molecule has 10 heteroatoms. The molecular weight excluding hydrogens is 326 g/mol. The quantitative estimate of drug-likeness (QED) is 0.676. The molecule has 0 aromatic carbocycles. The summed E-state index contributed by atoms with van der Waals surface area (Å²) in [5, 5.41) is 10.0. The standard InChI is InChI=1S/C15H19N7O3/c1-11-19-12(9-13(20-11)22-6-2-3-18-22)16-4-5-17-14(23)10-21-7-8-25-15(21)24/h2-3,6,9H,4-5,7-8,10H2,1H3,(H,17,23)(H,16,19,20). The average Bonchev–Trinajstić information content (AvgIpc) is 3.24. The molecule has 0 spiro atoms. The van der Waals surface area contributed by atoms with E-state index in [0.717, 1.165) is 0 Å². The highest BCUT2D eigenvalue weighted by molar-refractivity contribution is 5.82. The van der Waals surface area contributed by atoms with Crippen LogP contribution in [0.15, 0.2) is 24.5 Å². The van der Waals surface area contributed by atoms with E-state index < -0.39 is 6.09 Å². The van der Waals surface area contributed by atoms with Crippen molar-refractivity contribution in [3.63, 3.8) is 0 Å². The third-order valence-corrected chi connectivity index (χ3v) is 3.50. The number of anilines is 1. The molecule has 1 saturated heterocycles. The maximum absolute atomic E-state index is 11.8. The predicted octanol–water partition coefficient (Wildman–Crippen LogP) is -0.0490. The van der Waals surface area contributed by atoms with Gasteiger partial charge < -0.3 is 15.4 Å². The molecule has 1 aliphatic heterocycles. The van der Waals surface area contributed by atoms with E-state index in [-0.39, 0.29) is 12.5 Å². The Morgan fingerprint density at radius 1 is 1.36 bits per heavy atom. The largest absolute Gasteiger partial charge is 0.448 e. The van der Waals surface area contributed by atoms with E-state index in [0.29, 0.717) is 43.7 Å². The summed E-state index contributed by atoms with van der Waals surface area (Å²) in [7, 11) is 0. The van der Waals surface area contributed by atoms with Gasteiger partial charge in [-0.3, -0.25) is 9.69 Å². The summed E-state index contributed by atoms with van der Waals surface area (Å²) in [5.41, 5.74) is 0. The topological polar surface area (TPSA) is 114 Å². The van der Waals surface area contributed by atoms with Crippen molar-refractivity contribution in [2.45, 2.75) is 6.92 Å². The van der Waals surface area contributed by atoms with E-state index >= 15 is 0 Å². The monoisotopic (exact) mass is 345 g/mol. The van der Waals surface area contributed by atoms with E-state index in [9.17, 15) is 9.59 Å². The van der Waals surface area contributed by atoms with E-state index in [1.54, 1.807) is 30.1 Å². The van der Waals surface area contributed by atoms with Crippen LogP contribution in [0.1, 0.15) is 5.82 Å². The Bertz CT molecular complexity index is 748. The number of nitrogens with zero attached hydrogens (tertiary/aromatic N) is 5. The Hall–Kier alpha value is -3.17. The van der Waals surface area contributed by atoms with Gasteiger partial charge in [-0.15, -0.1) is 0 Å². The summed E-state index contributed by atoms with van der Waals surface area (Å²) in [4.78, 5) is 33.1. The highest BCUT2D eigenvalue weighted by Crippen LogP contribution is 2.09. The number of cyclic esters (lactones) is 1. The zero-order valence-corrected chi connectivity index (χ0v) is 13.8. The zero-order chi connectivity index (χ0) is 17.6. The molecule has 132 valence electrons. The fourth-order valence-electron chi connectivity index (χ4n) is 2.36. The molecular formula is C15H19N7O3. The van der Waals surface area contributed by atoms with Crippen LogP contribution < -0.4 is 10.6 Å². The van der Waals surface area contributed by atoms with E-state index in [2.05, 4.69) is 25.7 Å². The summed E-state index contributed by atoms with van der Waals surface area (Å²) in [6, 6.07) is 3.60. The summed E-state index contributed by atoms with van der Waals surface area (Å²) >= 11 is 0. The van der Waals surface area contributed by atoms with Crippen molar-refractivity contribution in [3.8, 4) is 5.82 Å². The van der Waals surface area contributed by atoms with Crippen LogP contribution in [-0.4, -0.2) is 69.4 Å². The minimum absolute atomic E-state index is 0.00882. The number of aryl methyl sites for hydroxylation is 1. The van der Waals surface area contributed by atoms with E-state index in [1.807, 2.05) is 6.07 Å². The van der Waals surface area contributed by atoms with Gasteiger partial charge in [0.2, 0.25) is 5.91 Å². The van der Waals surface area contributed by atoms with Crippen LogP contribution >= 0.6 is 0 Å². The van der Waals surface area contributed by atoms with Gasteiger partial charge in [0.25, 0.3) is 0 Å². The van der Waals surface area contributed by atoms with Gasteiger partial charge in [0, 0.05) is 31.5 Å². The summed E-state index contributed by atoms with van der Waals surface area (Å²) in [5.74, 6) is 1.70. The van der Waals surface area contributed by atoms with Gasteiger partial charge in [0.15, 0.2) is 5.82 Å². The van der Waals surface area contributed by atoms with Crippen LogP contribution in [0.3, 0.4) is 0 Å². The molecule has 10 nitrogen and oxygen atoms in total. The number of carbonyl (C=O) groups excluding carboxylic acids is 2. The Labute approximate surface area is 144 Å². The van der Waals surface area contributed by atoms with Crippen LogP contribution in [0.25, 0.3) is 5.82 Å². The van der Waals surface area contributed by atoms with Crippen molar-refractivity contribution in [1.29, 1.82) is 0 Å². The number of amides is 2. The second-order valence-corrected chi connectivity index (χ2v) is 5.42. The smallest absolute Gasteiger partial charge is 0.410 e. The normalized spacial score (nSPS) is 13.6. The fraction of sp³-hybridized carbons (Fsp3) is 0.400. The van der Waals surface area contributed by atoms with Crippen LogP contribution in [0.2, 0.25) is 0 Å². The highest BCUT2D eigenvalue weighted by Gasteiger charge is 2.23. The van der Waals surface area contributed by atoms with Gasteiger partial charge >= 0.3 is 6.09 Å². The van der Waals surface area contributed by atoms with Crippen LogP contribution in [0, 0.1) is 6.92 Å². The highest BCUT2D eigenvalue weighted by atomic mass is 16.6. The van der Waals surface area contributed by atoms with Crippen LogP contribution in [0.5, 0.6) is 0 Å². The molecule has 0 aliphatic carbocycles. The number of carbonyl (C=O) groups is 2. The Morgan fingerprint density at radius 3 is 2.96 bits per heavy atom. The van der Waals surface area contributed by atoms with Gasteiger partial charge in [-0.1, -0.05) is 0 Å². The number of nitrogens with one attached hydrogen (secondary N) is 2. The number of aromatic nitrogens is 4. The Morgan fingerprint density at radius 2 is 2.24 bits per heavy atom. The van der Waals surface area contributed by atoms with Gasteiger partial charge in [-0.2, -0.15) is 5.10 Å². The lowest BCUT2D eigenvalue weighted by molar-refractivity contribution is -0.121. The van der Waals surface area contributed by atoms with Gasteiger partial charge in [0.05, 0.1) is 6.54 Å². The number of rotatable bonds is 7. The average molecular weight is 345 g/mol. The molecule has 2 aromatic rings. The van der Waals surface area contributed by atoms with Gasteiger partial charge in [0.1, 0.15) is 24.8 Å². The molecule has 1 aliphatic rings. The third-order valence-electron chi connectivity index (χ3n) is 3.50. The van der Waals surface area contributed by atoms with Crippen molar-refractivity contribution >= 4 is 17.8 Å².